The summed E-state index contributed by atoms with van der Waals surface area (Å²) in [4.78, 5) is 25.6. The number of amides is 1. The van der Waals surface area contributed by atoms with Gasteiger partial charge in [-0.25, -0.2) is 8.91 Å². The molecule has 2 aromatic carbocycles. The average Bonchev–Trinajstić information content (AvgIpc) is 3.19. The number of hydrogen-bond acceptors (Lipinski definition) is 3. The molecule has 0 spiro atoms. The Kier molecular flexibility index (Phi) is 4.88. The van der Waals surface area contributed by atoms with Crippen molar-refractivity contribution in [3.63, 3.8) is 0 Å². The molecular formula is C22H21FN4O2. The minimum Gasteiger partial charge on any atom is -0.352 e. The van der Waals surface area contributed by atoms with Gasteiger partial charge in [0.2, 0.25) is 0 Å². The van der Waals surface area contributed by atoms with Gasteiger partial charge in [0, 0.05) is 12.1 Å². The number of nitrogens with zero attached hydrogens (tertiary/aromatic N) is 3. The molecule has 4 aromatic rings. The van der Waals surface area contributed by atoms with E-state index in [9.17, 15) is 14.0 Å². The largest absolute Gasteiger partial charge is 0.352 e. The third-order valence-corrected chi connectivity index (χ3v) is 4.76. The van der Waals surface area contributed by atoms with Gasteiger partial charge in [-0.1, -0.05) is 26.0 Å². The van der Waals surface area contributed by atoms with Crippen LogP contribution >= 0.6 is 0 Å². The van der Waals surface area contributed by atoms with Gasteiger partial charge in [0.1, 0.15) is 11.3 Å². The Morgan fingerprint density at radius 2 is 1.93 bits per heavy atom. The first-order chi connectivity index (χ1) is 13.9. The number of nitrogens with one attached hydrogen (secondary N) is 1. The molecule has 2 heterocycles. The summed E-state index contributed by atoms with van der Waals surface area (Å²) in [6.45, 7) is 4.79. The number of carbonyl (C=O) groups is 1. The molecule has 0 atom stereocenters. The lowest BCUT2D eigenvalue weighted by Gasteiger charge is -2.14. The molecule has 2 aromatic heterocycles. The van der Waals surface area contributed by atoms with Crippen molar-refractivity contribution in [1.82, 2.24) is 19.5 Å². The van der Waals surface area contributed by atoms with Crippen molar-refractivity contribution in [3.8, 4) is 0 Å². The van der Waals surface area contributed by atoms with Crippen molar-refractivity contribution in [1.29, 1.82) is 0 Å². The predicted molar refractivity (Wildman–Crippen MR) is 110 cm³/mol. The van der Waals surface area contributed by atoms with Gasteiger partial charge in [-0.15, -0.1) is 0 Å². The highest BCUT2D eigenvalue weighted by molar-refractivity contribution is 5.97. The van der Waals surface area contributed by atoms with Crippen LogP contribution in [0.15, 0.2) is 59.5 Å². The lowest BCUT2D eigenvalue weighted by Crippen LogP contribution is -2.28. The van der Waals surface area contributed by atoms with E-state index in [-0.39, 0.29) is 23.8 Å². The number of benzene rings is 2. The highest BCUT2D eigenvalue weighted by Crippen LogP contribution is 2.18. The summed E-state index contributed by atoms with van der Waals surface area (Å²) in [6, 6.07) is 13.0. The Balaban J connectivity index is 1.88. The fraction of sp³-hybridized carbons (Fsp3) is 0.227. The SMILES string of the molecule is CC(C)CNC(=O)c1ccc2c(c1)n(Cc1cccc(F)c1)c(=O)c1ccnn12. The van der Waals surface area contributed by atoms with Crippen LogP contribution in [0.1, 0.15) is 29.8 Å². The van der Waals surface area contributed by atoms with Crippen LogP contribution in [0.5, 0.6) is 0 Å². The summed E-state index contributed by atoms with van der Waals surface area (Å²) in [6.07, 6.45) is 1.56. The van der Waals surface area contributed by atoms with E-state index in [4.69, 9.17) is 0 Å². The molecule has 148 valence electrons. The maximum atomic E-state index is 13.7. The van der Waals surface area contributed by atoms with E-state index in [0.717, 1.165) is 0 Å². The Labute approximate surface area is 166 Å². The van der Waals surface area contributed by atoms with Gasteiger partial charge in [0.25, 0.3) is 11.5 Å². The fourth-order valence-electron chi connectivity index (χ4n) is 3.34. The topological polar surface area (TPSA) is 68.4 Å². The number of aromatic nitrogens is 3. The second-order valence-corrected chi connectivity index (χ2v) is 7.46. The molecule has 6 nitrogen and oxygen atoms in total. The second kappa shape index (κ2) is 7.50. The Morgan fingerprint density at radius 3 is 2.69 bits per heavy atom. The number of fused-ring (bicyclic) bond motifs is 3. The number of halogens is 1. The fourth-order valence-corrected chi connectivity index (χ4v) is 3.34. The van der Waals surface area contributed by atoms with Gasteiger partial charge in [-0.2, -0.15) is 5.10 Å². The van der Waals surface area contributed by atoms with Crippen LogP contribution in [0, 0.1) is 11.7 Å². The third kappa shape index (κ3) is 3.63. The van der Waals surface area contributed by atoms with Crippen LogP contribution in [0.25, 0.3) is 16.6 Å². The number of hydrogen-bond donors (Lipinski definition) is 1. The van der Waals surface area contributed by atoms with E-state index in [0.29, 0.717) is 40.1 Å². The summed E-state index contributed by atoms with van der Waals surface area (Å²) in [5, 5.41) is 7.13. The first-order valence-corrected chi connectivity index (χ1v) is 9.47. The van der Waals surface area contributed by atoms with E-state index in [2.05, 4.69) is 10.4 Å². The zero-order valence-electron chi connectivity index (χ0n) is 16.2. The van der Waals surface area contributed by atoms with Crippen LogP contribution in [0.4, 0.5) is 4.39 Å². The minimum absolute atomic E-state index is 0.186. The Morgan fingerprint density at radius 1 is 1.10 bits per heavy atom. The number of carbonyl (C=O) groups excluding carboxylic acids is 1. The maximum absolute atomic E-state index is 13.7. The summed E-state index contributed by atoms with van der Waals surface area (Å²) in [5.74, 6) is -0.237. The molecule has 0 unspecified atom stereocenters. The van der Waals surface area contributed by atoms with E-state index < -0.39 is 0 Å². The zero-order chi connectivity index (χ0) is 20.5. The van der Waals surface area contributed by atoms with Crippen LogP contribution in [0.2, 0.25) is 0 Å². The molecule has 0 aliphatic carbocycles. The molecular weight excluding hydrogens is 371 g/mol. The molecule has 0 aliphatic rings. The molecule has 4 rings (SSSR count). The van der Waals surface area contributed by atoms with Gasteiger partial charge in [-0.3, -0.25) is 9.59 Å². The van der Waals surface area contributed by atoms with Crippen LogP contribution in [-0.2, 0) is 6.54 Å². The van der Waals surface area contributed by atoms with Crippen LogP contribution in [0.3, 0.4) is 0 Å². The smallest absolute Gasteiger partial charge is 0.277 e. The second-order valence-electron chi connectivity index (χ2n) is 7.46. The van der Waals surface area contributed by atoms with E-state index in [1.807, 2.05) is 13.8 Å². The summed E-state index contributed by atoms with van der Waals surface area (Å²) in [7, 11) is 0. The standard InChI is InChI=1S/C22H21FN4O2/c1-14(2)12-24-21(28)16-6-7-18-20(11-16)26(13-15-4-3-5-17(23)10-15)22(29)19-8-9-25-27(18)19/h3-11,14H,12-13H2,1-2H3,(H,24,28). The summed E-state index contributed by atoms with van der Waals surface area (Å²) in [5.41, 5.74) is 2.54. The highest BCUT2D eigenvalue weighted by Gasteiger charge is 2.15. The Hall–Kier alpha value is -3.48. The van der Waals surface area contributed by atoms with E-state index in [1.165, 1.54) is 12.1 Å². The molecule has 0 bridgehead atoms. The van der Waals surface area contributed by atoms with Crippen molar-refractivity contribution in [3.05, 3.63) is 82.0 Å². The van der Waals surface area contributed by atoms with Crippen LogP contribution in [-0.4, -0.2) is 26.6 Å². The quantitative estimate of drug-likeness (QED) is 0.567. The molecule has 1 N–H and O–H groups in total. The summed E-state index contributed by atoms with van der Waals surface area (Å²) >= 11 is 0. The lowest BCUT2D eigenvalue weighted by molar-refractivity contribution is 0.0949. The summed E-state index contributed by atoms with van der Waals surface area (Å²) < 4.78 is 16.8. The maximum Gasteiger partial charge on any atom is 0.277 e. The van der Waals surface area contributed by atoms with Gasteiger partial charge in [0.15, 0.2) is 0 Å². The van der Waals surface area contributed by atoms with Crippen molar-refractivity contribution in [2.24, 2.45) is 5.92 Å². The first-order valence-electron chi connectivity index (χ1n) is 9.47. The van der Waals surface area contributed by atoms with Gasteiger partial charge < -0.3 is 9.88 Å². The molecule has 29 heavy (non-hydrogen) atoms. The van der Waals surface area contributed by atoms with Crippen molar-refractivity contribution in [2.45, 2.75) is 20.4 Å². The molecule has 0 fully saturated rings. The normalized spacial score (nSPS) is 11.4. The third-order valence-electron chi connectivity index (χ3n) is 4.76. The molecule has 0 saturated carbocycles. The van der Waals surface area contributed by atoms with Crippen molar-refractivity contribution >= 4 is 22.5 Å². The van der Waals surface area contributed by atoms with E-state index >= 15 is 0 Å². The average molecular weight is 392 g/mol. The zero-order valence-corrected chi connectivity index (χ0v) is 16.2. The molecule has 7 heteroatoms. The predicted octanol–water partition coefficient (Wildman–Crippen LogP) is 3.22. The molecule has 0 saturated heterocycles. The van der Waals surface area contributed by atoms with Gasteiger partial charge in [0.05, 0.1) is 23.8 Å². The molecule has 0 aliphatic heterocycles. The first kappa shape index (κ1) is 18.9. The van der Waals surface area contributed by atoms with Gasteiger partial charge in [-0.05, 0) is 47.9 Å². The monoisotopic (exact) mass is 392 g/mol. The van der Waals surface area contributed by atoms with E-state index in [1.54, 1.807) is 51.7 Å². The Bertz CT molecular complexity index is 1270. The molecule has 1 amide bonds. The molecule has 0 radical (unpaired) electrons. The van der Waals surface area contributed by atoms with Gasteiger partial charge >= 0.3 is 0 Å². The number of rotatable bonds is 5. The lowest BCUT2D eigenvalue weighted by atomic mass is 10.1. The minimum atomic E-state index is -0.362. The highest BCUT2D eigenvalue weighted by atomic mass is 19.1. The van der Waals surface area contributed by atoms with Crippen molar-refractivity contribution in [2.75, 3.05) is 6.54 Å². The van der Waals surface area contributed by atoms with Crippen LogP contribution < -0.4 is 10.9 Å². The van der Waals surface area contributed by atoms with Crippen molar-refractivity contribution < 1.29 is 9.18 Å².